The zero-order chi connectivity index (χ0) is 44.1. The summed E-state index contributed by atoms with van der Waals surface area (Å²) in [5, 5.41) is 0. The maximum absolute atomic E-state index is 14.7. The molecule has 0 fully saturated rings. The Morgan fingerprint density at radius 3 is 1.27 bits per heavy atom. The molecule has 8 aromatic rings. The van der Waals surface area contributed by atoms with Crippen LogP contribution in [0.15, 0.2) is 194 Å². The van der Waals surface area contributed by atoms with E-state index in [-0.39, 0.29) is 23.3 Å². The van der Waals surface area contributed by atoms with Gasteiger partial charge >= 0.3 is 0 Å². The number of ketones is 3. The van der Waals surface area contributed by atoms with Crippen molar-refractivity contribution in [2.75, 3.05) is 0 Å². The van der Waals surface area contributed by atoms with Gasteiger partial charge in [-0.05, 0) is 138 Å². The molecule has 0 aromatic heterocycles. The largest absolute Gasteiger partial charge is 0.457 e. The normalized spacial score (nSPS) is 11.7. The van der Waals surface area contributed by atoms with Gasteiger partial charge in [0.2, 0.25) is 0 Å². The number of rotatable bonds is 14. The number of para-hydroxylation sites is 1. The van der Waals surface area contributed by atoms with E-state index in [1.54, 1.807) is 48.5 Å². The molecule has 0 aliphatic carbocycles. The van der Waals surface area contributed by atoms with Gasteiger partial charge in [-0.2, -0.15) is 0 Å². The Balaban J connectivity index is 1.07. The van der Waals surface area contributed by atoms with Crippen LogP contribution < -0.4 is 9.47 Å². The molecule has 8 aromatic carbocycles. The smallest absolute Gasteiger partial charge is 0.193 e. The number of halogens is 2. The first-order valence-corrected chi connectivity index (χ1v) is 20.5. The monoisotopic (exact) mass is 832 g/mol. The zero-order valence-corrected chi connectivity index (χ0v) is 34.8. The van der Waals surface area contributed by atoms with E-state index in [9.17, 15) is 23.2 Å². The molecule has 0 heterocycles. The van der Waals surface area contributed by atoms with Gasteiger partial charge in [-0.15, -0.1) is 0 Å². The fourth-order valence-corrected chi connectivity index (χ4v) is 7.58. The van der Waals surface area contributed by atoms with Crippen LogP contribution in [0, 0.1) is 11.6 Å². The van der Waals surface area contributed by atoms with Gasteiger partial charge in [-0.25, -0.2) is 8.78 Å². The van der Waals surface area contributed by atoms with Crippen molar-refractivity contribution in [3.05, 3.63) is 261 Å². The standard InChI is InChI=1S/C56H42F2O5/c1-36(37-9-11-38(12-10-37)53(59)40-15-24-45(57)25-16-40)43-21-34-52(56(2,3)44-22-13-39(14-23-44)54(60)41-17-26-46(58)27-18-41)51(35-43)55(61)42-19-28-48(29-20-42)63-50-32-30-49(31-33-50)62-47-7-5-4-6-8-47/h4-36H,1-3H3. The molecule has 0 amide bonds. The summed E-state index contributed by atoms with van der Waals surface area (Å²) in [6, 6.07) is 55.4. The van der Waals surface area contributed by atoms with Crippen LogP contribution in [0.1, 0.15) is 96.7 Å². The molecule has 0 saturated carbocycles. The van der Waals surface area contributed by atoms with Crippen LogP contribution in [-0.2, 0) is 5.41 Å². The molecule has 0 aliphatic heterocycles. The molecular weight excluding hydrogens is 791 g/mol. The molecule has 8 rings (SSSR count). The summed E-state index contributed by atoms with van der Waals surface area (Å²) < 4.78 is 39.1. The number of carbonyl (C=O) groups is 3. The van der Waals surface area contributed by atoms with Crippen molar-refractivity contribution in [2.24, 2.45) is 0 Å². The Hall–Kier alpha value is -7.77. The second-order valence-corrected chi connectivity index (χ2v) is 15.9. The third kappa shape index (κ3) is 9.43. The van der Waals surface area contributed by atoms with Crippen molar-refractivity contribution < 1.29 is 32.6 Å². The SMILES string of the molecule is CC(c1ccc(C(=O)c2ccc(F)cc2)cc1)c1ccc(C(C)(C)c2ccc(C(=O)c3ccc(F)cc3)cc2)c(C(=O)c2ccc(Oc3ccc(Oc4ccccc4)cc3)cc2)c1. The van der Waals surface area contributed by atoms with E-state index in [4.69, 9.17) is 9.47 Å². The van der Waals surface area contributed by atoms with E-state index in [0.29, 0.717) is 50.6 Å². The second-order valence-electron chi connectivity index (χ2n) is 15.9. The first-order valence-electron chi connectivity index (χ1n) is 20.5. The Kier molecular flexibility index (Phi) is 12.0. The molecule has 0 N–H and O–H groups in total. The molecule has 0 bridgehead atoms. The van der Waals surface area contributed by atoms with E-state index >= 15 is 0 Å². The summed E-state index contributed by atoms with van der Waals surface area (Å²) in [5.74, 6) is 1.00. The second kappa shape index (κ2) is 18.1. The van der Waals surface area contributed by atoms with Crippen LogP contribution in [0.2, 0.25) is 0 Å². The van der Waals surface area contributed by atoms with E-state index < -0.39 is 17.0 Å². The van der Waals surface area contributed by atoms with Crippen molar-refractivity contribution in [1.29, 1.82) is 0 Å². The molecule has 0 spiro atoms. The van der Waals surface area contributed by atoms with Crippen molar-refractivity contribution >= 4 is 17.3 Å². The highest BCUT2D eigenvalue weighted by Crippen LogP contribution is 2.38. The fourth-order valence-electron chi connectivity index (χ4n) is 7.58. The highest BCUT2D eigenvalue weighted by atomic mass is 19.1. The topological polar surface area (TPSA) is 69.7 Å². The predicted octanol–water partition coefficient (Wildman–Crippen LogP) is 13.7. The highest BCUT2D eigenvalue weighted by molar-refractivity contribution is 6.11. The Labute approximate surface area is 365 Å². The van der Waals surface area contributed by atoms with Gasteiger partial charge in [0, 0.05) is 44.7 Å². The average molecular weight is 833 g/mol. The minimum atomic E-state index is -0.688. The third-order valence-electron chi connectivity index (χ3n) is 11.4. The minimum Gasteiger partial charge on any atom is -0.457 e. The quantitative estimate of drug-likeness (QED) is 0.102. The molecule has 1 atom stereocenters. The van der Waals surface area contributed by atoms with E-state index in [1.165, 1.54) is 48.5 Å². The van der Waals surface area contributed by atoms with Crippen LogP contribution in [0.5, 0.6) is 23.0 Å². The molecular formula is C56H42F2O5. The Morgan fingerprint density at radius 1 is 0.429 bits per heavy atom. The predicted molar refractivity (Wildman–Crippen MR) is 242 cm³/mol. The molecule has 310 valence electrons. The van der Waals surface area contributed by atoms with E-state index in [2.05, 4.69) is 6.92 Å². The lowest BCUT2D eigenvalue weighted by molar-refractivity contribution is 0.103. The van der Waals surface area contributed by atoms with Crippen LogP contribution in [0.4, 0.5) is 8.78 Å². The Morgan fingerprint density at radius 2 is 0.794 bits per heavy atom. The first-order chi connectivity index (χ1) is 30.4. The zero-order valence-electron chi connectivity index (χ0n) is 34.8. The summed E-state index contributed by atoms with van der Waals surface area (Å²) >= 11 is 0. The number of carbonyl (C=O) groups excluding carboxylic acids is 3. The van der Waals surface area contributed by atoms with E-state index in [0.717, 1.165) is 28.0 Å². The van der Waals surface area contributed by atoms with Crippen LogP contribution >= 0.6 is 0 Å². The Bertz CT molecular complexity index is 2890. The number of benzene rings is 8. The van der Waals surface area contributed by atoms with Crippen molar-refractivity contribution in [2.45, 2.75) is 32.1 Å². The summed E-state index contributed by atoms with van der Waals surface area (Å²) in [5.41, 5.74) is 5.55. The summed E-state index contributed by atoms with van der Waals surface area (Å²) in [7, 11) is 0. The van der Waals surface area contributed by atoms with E-state index in [1.807, 2.05) is 111 Å². The van der Waals surface area contributed by atoms with Crippen molar-refractivity contribution in [3.8, 4) is 23.0 Å². The molecule has 63 heavy (non-hydrogen) atoms. The van der Waals surface area contributed by atoms with Gasteiger partial charge in [0.15, 0.2) is 17.3 Å². The number of ether oxygens (including phenoxy) is 2. The highest BCUT2D eigenvalue weighted by Gasteiger charge is 2.30. The maximum Gasteiger partial charge on any atom is 0.193 e. The molecule has 5 nitrogen and oxygen atoms in total. The van der Waals surface area contributed by atoms with Crippen LogP contribution in [-0.4, -0.2) is 17.3 Å². The average Bonchev–Trinajstić information content (AvgIpc) is 3.32. The lowest BCUT2D eigenvalue weighted by Gasteiger charge is -2.29. The van der Waals surface area contributed by atoms with Crippen LogP contribution in [0.3, 0.4) is 0 Å². The van der Waals surface area contributed by atoms with Gasteiger partial charge in [-0.3, -0.25) is 14.4 Å². The van der Waals surface area contributed by atoms with Gasteiger partial charge in [0.05, 0.1) is 0 Å². The maximum atomic E-state index is 14.7. The summed E-state index contributed by atoms with van der Waals surface area (Å²) in [4.78, 5) is 41.1. The van der Waals surface area contributed by atoms with Gasteiger partial charge in [0.25, 0.3) is 0 Å². The third-order valence-corrected chi connectivity index (χ3v) is 11.4. The van der Waals surface area contributed by atoms with Gasteiger partial charge in [0.1, 0.15) is 34.6 Å². The lowest BCUT2D eigenvalue weighted by atomic mass is 9.73. The summed E-state index contributed by atoms with van der Waals surface area (Å²) in [6.07, 6.45) is 0. The lowest BCUT2D eigenvalue weighted by Crippen LogP contribution is -2.23. The molecule has 0 aliphatic rings. The minimum absolute atomic E-state index is 0.152. The number of hydrogen-bond donors (Lipinski definition) is 0. The molecule has 7 heteroatoms. The molecule has 0 radical (unpaired) electrons. The van der Waals surface area contributed by atoms with Crippen molar-refractivity contribution in [1.82, 2.24) is 0 Å². The van der Waals surface area contributed by atoms with Gasteiger partial charge in [-0.1, -0.05) is 99.6 Å². The fraction of sp³-hybridized carbons (Fsp3) is 0.0893. The molecule has 0 saturated heterocycles. The van der Waals surface area contributed by atoms with Crippen molar-refractivity contribution in [3.63, 3.8) is 0 Å². The first kappa shape index (κ1) is 41.9. The summed E-state index contributed by atoms with van der Waals surface area (Å²) in [6.45, 7) is 6.14. The number of hydrogen-bond acceptors (Lipinski definition) is 5. The van der Waals surface area contributed by atoms with Crippen LogP contribution in [0.25, 0.3) is 0 Å². The van der Waals surface area contributed by atoms with Gasteiger partial charge < -0.3 is 9.47 Å². The molecule has 1 unspecified atom stereocenters.